The molecular formula is C17H32O9. The van der Waals surface area contributed by atoms with E-state index in [-0.39, 0.29) is 0 Å². The first-order valence-corrected chi connectivity index (χ1v) is 9.00. The van der Waals surface area contributed by atoms with E-state index in [1.807, 2.05) is 20.8 Å². The third kappa shape index (κ3) is 4.21. The van der Waals surface area contributed by atoms with Gasteiger partial charge in [0, 0.05) is 0 Å². The highest BCUT2D eigenvalue weighted by atomic mass is 16.7. The molecule has 154 valence electrons. The van der Waals surface area contributed by atoms with E-state index in [1.54, 1.807) is 6.92 Å². The molecule has 0 aromatic heterocycles. The zero-order valence-electron chi connectivity index (χ0n) is 15.6. The summed E-state index contributed by atoms with van der Waals surface area (Å²) in [6, 6.07) is 0. The smallest absolute Gasteiger partial charge is 0.187 e. The number of hydrogen-bond donors (Lipinski definition) is 6. The molecule has 10 atom stereocenters. The minimum absolute atomic E-state index is 0.381. The third-order valence-electron chi connectivity index (χ3n) is 5.08. The van der Waals surface area contributed by atoms with Crippen molar-refractivity contribution in [2.45, 2.75) is 95.3 Å². The highest BCUT2D eigenvalue weighted by molar-refractivity contribution is 4.98. The molecule has 9 nitrogen and oxygen atoms in total. The third-order valence-corrected chi connectivity index (χ3v) is 5.08. The maximum Gasteiger partial charge on any atom is 0.187 e. The Labute approximate surface area is 153 Å². The van der Waals surface area contributed by atoms with Gasteiger partial charge in [0.1, 0.15) is 42.7 Å². The van der Waals surface area contributed by atoms with Crippen molar-refractivity contribution in [3.05, 3.63) is 0 Å². The van der Waals surface area contributed by atoms with E-state index in [4.69, 9.17) is 14.2 Å². The molecule has 0 aromatic carbocycles. The molecule has 2 fully saturated rings. The van der Waals surface area contributed by atoms with Gasteiger partial charge in [-0.2, -0.15) is 0 Å². The molecule has 0 bridgehead atoms. The molecule has 2 rings (SSSR count). The Morgan fingerprint density at radius 3 is 1.88 bits per heavy atom. The number of hydrogen-bond acceptors (Lipinski definition) is 9. The lowest BCUT2D eigenvalue weighted by atomic mass is 9.80. The topological polar surface area (TPSA) is 149 Å². The van der Waals surface area contributed by atoms with Crippen molar-refractivity contribution < 1.29 is 44.8 Å². The summed E-state index contributed by atoms with van der Waals surface area (Å²) in [5, 5.41) is 60.2. The summed E-state index contributed by atoms with van der Waals surface area (Å²) in [7, 11) is 0. The lowest BCUT2D eigenvalue weighted by Crippen LogP contribution is -2.65. The maximum absolute atomic E-state index is 10.5. The molecule has 6 N–H and O–H groups in total. The minimum atomic E-state index is -1.53. The fraction of sp³-hybridized carbons (Fsp3) is 1.00. The number of aliphatic hydroxyl groups excluding tert-OH is 6. The van der Waals surface area contributed by atoms with Crippen LogP contribution in [0.5, 0.6) is 0 Å². The Balaban J connectivity index is 2.23. The maximum atomic E-state index is 10.5. The lowest BCUT2D eigenvalue weighted by Gasteiger charge is -2.49. The van der Waals surface area contributed by atoms with Crippen molar-refractivity contribution in [3.63, 3.8) is 0 Å². The van der Waals surface area contributed by atoms with Crippen molar-refractivity contribution in [2.24, 2.45) is 5.41 Å². The van der Waals surface area contributed by atoms with Crippen molar-refractivity contribution in [2.75, 3.05) is 6.61 Å². The zero-order valence-corrected chi connectivity index (χ0v) is 15.6. The highest BCUT2D eigenvalue weighted by Gasteiger charge is 2.52. The molecule has 2 aliphatic rings. The number of rotatable bonds is 4. The molecule has 0 aliphatic carbocycles. The van der Waals surface area contributed by atoms with Crippen LogP contribution in [0.25, 0.3) is 0 Å². The van der Waals surface area contributed by atoms with Crippen molar-refractivity contribution >= 4 is 0 Å². The largest absolute Gasteiger partial charge is 0.394 e. The SMILES string of the molecule is CC[C@H]1O[C@@H](O[C@H]2C(C(C)(C)C)O[C@H](CO)[C@@H](O)[C@@H]2O)[C@H](O)[C@@H](O)[C@@H]1O. The Kier molecular flexibility index (Phi) is 7.03. The Morgan fingerprint density at radius 1 is 0.808 bits per heavy atom. The van der Waals surface area contributed by atoms with Crippen LogP contribution in [-0.4, -0.2) is 98.5 Å². The van der Waals surface area contributed by atoms with Gasteiger partial charge in [0.2, 0.25) is 0 Å². The summed E-state index contributed by atoms with van der Waals surface area (Å²) in [6.45, 7) is 6.82. The van der Waals surface area contributed by atoms with Crippen LogP contribution in [0.4, 0.5) is 0 Å². The molecule has 1 unspecified atom stereocenters. The average Bonchev–Trinajstić information content (AvgIpc) is 2.58. The number of ether oxygens (including phenoxy) is 3. The molecule has 0 radical (unpaired) electrons. The molecule has 0 spiro atoms. The average molecular weight is 380 g/mol. The van der Waals surface area contributed by atoms with Gasteiger partial charge in [-0.1, -0.05) is 27.7 Å². The summed E-state index contributed by atoms with van der Waals surface area (Å²) in [5.41, 5.74) is -0.527. The first-order valence-electron chi connectivity index (χ1n) is 9.00. The fourth-order valence-corrected chi connectivity index (χ4v) is 3.46. The summed E-state index contributed by atoms with van der Waals surface area (Å²) in [5.74, 6) is 0. The van der Waals surface area contributed by atoms with Gasteiger partial charge in [-0.25, -0.2) is 0 Å². The minimum Gasteiger partial charge on any atom is -0.394 e. The van der Waals surface area contributed by atoms with Crippen molar-refractivity contribution in [3.8, 4) is 0 Å². The van der Waals surface area contributed by atoms with Crippen molar-refractivity contribution in [1.29, 1.82) is 0 Å². The second-order valence-corrected chi connectivity index (χ2v) is 8.15. The van der Waals surface area contributed by atoms with E-state index < -0.39 is 73.2 Å². The second kappa shape index (κ2) is 8.34. The predicted octanol–water partition coefficient (Wildman–Crippen LogP) is -1.88. The first-order chi connectivity index (χ1) is 12.0. The van der Waals surface area contributed by atoms with Crippen LogP contribution in [0.15, 0.2) is 0 Å². The summed E-state index contributed by atoms with van der Waals surface area (Å²) >= 11 is 0. The molecule has 9 heteroatoms. The Hall–Kier alpha value is -0.360. The second-order valence-electron chi connectivity index (χ2n) is 8.15. The standard InChI is InChI=1S/C17H32O9/c1-5-7-9(19)11(21)13(23)16(25-7)26-14-12(22)10(20)8(6-18)24-15(14)17(2,3)4/h7-16,18-23H,5-6H2,1-4H3/t7-,8-,9-,10-,11+,12+,13-,14-,15?,16+/m1/s1. The first kappa shape index (κ1) is 21.9. The van der Waals surface area contributed by atoms with Gasteiger partial charge >= 0.3 is 0 Å². The van der Waals surface area contributed by atoms with Gasteiger partial charge in [-0.3, -0.25) is 0 Å². The van der Waals surface area contributed by atoms with Gasteiger partial charge in [0.05, 0.1) is 18.8 Å². The van der Waals surface area contributed by atoms with Crippen LogP contribution in [0, 0.1) is 5.41 Å². The van der Waals surface area contributed by atoms with Crippen LogP contribution in [0.3, 0.4) is 0 Å². The van der Waals surface area contributed by atoms with Crippen LogP contribution in [0.1, 0.15) is 34.1 Å². The van der Waals surface area contributed by atoms with Gasteiger partial charge < -0.3 is 44.8 Å². The summed E-state index contributed by atoms with van der Waals surface area (Å²) in [6.07, 6.45) is -11.5. The molecule has 0 saturated carbocycles. The van der Waals surface area contributed by atoms with E-state index in [0.717, 1.165) is 0 Å². The van der Waals surface area contributed by atoms with Gasteiger partial charge in [-0.15, -0.1) is 0 Å². The van der Waals surface area contributed by atoms with E-state index >= 15 is 0 Å². The quantitative estimate of drug-likeness (QED) is 0.329. The normalized spacial score (nSPS) is 47.8. The molecular weight excluding hydrogens is 348 g/mol. The fourth-order valence-electron chi connectivity index (χ4n) is 3.46. The molecule has 0 amide bonds. The molecule has 0 aromatic rings. The molecule has 2 saturated heterocycles. The van der Waals surface area contributed by atoms with E-state index in [0.29, 0.717) is 6.42 Å². The van der Waals surface area contributed by atoms with Crippen LogP contribution < -0.4 is 0 Å². The van der Waals surface area contributed by atoms with Crippen LogP contribution in [-0.2, 0) is 14.2 Å². The number of aliphatic hydroxyl groups is 6. The predicted molar refractivity (Wildman–Crippen MR) is 89.1 cm³/mol. The lowest BCUT2D eigenvalue weighted by molar-refractivity contribution is -0.345. The van der Waals surface area contributed by atoms with Gasteiger partial charge in [-0.05, 0) is 11.8 Å². The van der Waals surface area contributed by atoms with E-state index in [9.17, 15) is 30.6 Å². The molecule has 2 heterocycles. The summed E-state index contributed by atoms with van der Waals surface area (Å²) < 4.78 is 17.0. The van der Waals surface area contributed by atoms with Gasteiger partial charge in [0.25, 0.3) is 0 Å². The van der Waals surface area contributed by atoms with E-state index in [1.165, 1.54) is 0 Å². The highest BCUT2D eigenvalue weighted by Crippen LogP contribution is 2.36. The van der Waals surface area contributed by atoms with Crippen LogP contribution >= 0.6 is 0 Å². The van der Waals surface area contributed by atoms with E-state index in [2.05, 4.69) is 0 Å². The molecule has 2 aliphatic heterocycles. The Morgan fingerprint density at radius 2 is 1.38 bits per heavy atom. The molecule has 26 heavy (non-hydrogen) atoms. The monoisotopic (exact) mass is 380 g/mol. The zero-order chi connectivity index (χ0) is 19.8. The van der Waals surface area contributed by atoms with Gasteiger partial charge in [0.15, 0.2) is 6.29 Å². The summed E-state index contributed by atoms with van der Waals surface area (Å²) in [4.78, 5) is 0. The van der Waals surface area contributed by atoms with Crippen molar-refractivity contribution in [1.82, 2.24) is 0 Å². The van der Waals surface area contributed by atoms with Crippen LogP contribution in [0.2, 0.25) is 0 Å². The Bertz CT molecular complexity index is 452.